The highest BCUT2D eigenvalue weighted by molar-refractivity contribution is 6.30. The van der Waals surface area contributed by atoms with Gasteiger partial charge in [0.25, 0.3) is 5.96 Å². The van der Waals surface area contributed by atoms with Crippen LogP contribution < -0.4 is 5.84 Å². The maximum atomic E-state index is 13.2. The van der Waals surface area contributed by atoms with Crippen molar-refractivity contribution in [1.29, 1.82) is 0 Å². The lowest BCUT2D eigenvalue weighted by atomic mass is 10.0. The van der Waals surface area contributed by atoms with Crippen LogP contribution in [0.25, 0.3) is 0 Å². The highest BCUT2D eigenvalue weighted by Gasteiger charge is 2.37. The van der Waals surface area contributed by atoms with Crippen molar-refractivity contribution < 1.29 is 39.5 Å². The monoisotopic (exact) mass is 520 g/mol. The lowest BCUT2D eigenvalue weighted by Crippen LogP contribution is -2.30. The van der Waals surface area contributed by atoms with Gasteiger partial charge in [-0.05, 0) is 29.8 Å². The SMILES string of the molecule is CN=NC(=NN)N(Cc1cc(C(F)(F)F)cc(C(F)(F)F)c1)Cc1cc(C(F)(F)F)cnc1Cl. The Morgan fingerprint density at radius 1 is 0.882 bits per heavy atom. The molecular weight excluding hydrogens is 507 g/mol. The lowest BCUT2D eigenvalue weighted by Gasteiger charge is -2.24. The zero-order valence-corrected chi connectivity index (χ0v) is 17.6. The summed E-state index contributed by atoms with van der Waals surface area (Å²) in [6, 6.07) is 1.45. The minimum atomic E-state index is -5.11. The highest BCUT2D eigenvalue weighted by Crippen LogP contribution is 2.37. The Bertz CT molecular complexity index is 1040. The molecule has 34 heavy (non-hydrogen) atoms. The number of nitrogens with two attached hydrogens (primary N) is 1. The van der Waals surface area contributed by atoms with Gasteiger partial charge in [-0.1, -0.05) is 11.6 Å². The molecule has 0 atom stereocenters. The Morgan fingerprint density at radius 2 is 1.41 bits per heavy atom. The summed E-state index contributed by atoms with van der Waals surface area (Å²) in [4.78, 5) is 4.32. The molecule has 1 aromatic carbocycles. The molecule has 2 N–H and O–H groups in total. The Hall–Kier alpha value is -3.10. The molecule has 0 aliphatic rings. The van der Waals surface area contributed by atoms with Crippen LogP contribution in [0, 0.1) is 0 Å². The standard InChI is InChI=1S/C18H14ClF9N6/c1-30-33-15(32-29)34(8-10-4-13(18(26,27)28)6-31-14(10)19)7-9-2-11(16(20,21)22)5-12(3-9)17(23,24)25/h2-6H,7-8,29H2,1H3. The summed E-state index contributed by atoms with van der Waals surface area (Å²) in [5.41, 5.74) is -5.13. The third kappa shape index (κ3) is 6.95. The summed E-state index contributed by atoms with van der Waals surface area (Å²) in [6.45, 7) is -1.34. The zero-order valence-electron chi connectivity index (χ0n) is 16.9. The van der Waals surface area contributed by atoms with E-state index in [1.807, 2.05) is 0 Å². The fraction of sp³-hybridized carbons (Fsp3) is 0.333. The van der Waals surface area contributed by atoms with Crippen LogP contribution in [0.2, 0.25) is 5.15 Å². The molecular formula is C18H14ClF9N6. The minimum Gasteiger partial charge on any atom is -0.330 e. The van der Waals surface area contributed by atoms with E-state index >= 15 is 0 Å². The minimum absolute atomic E-state index is 0.0644. The molecule has 6 nitrogen and oxygen atoms in total. The summed E-state index contributed by atoms with van der Waals surface area (Å²) in [6.07, 6.45) is -14.6. The number of aromatic nitrogens is 1. The van der Waals surface area contributed by atoms with Gasteiger partial charge < -0.3 is 10.7 Å². The Balaban J connectivity index is 2.58. The highest BCUT2D eigenvalue weighted by atomic mass is 35.5. The number of hydrogen-bond acceptors (Lipinski definition) is 4. The van der Waals surface area contributed by atoms with Crippen molar-refractivity contribution >= 4 is 17.6 Å². The predicted octanol–water partition coefficient (Wildman–Crippen LogP) is 6.11. The fourth-order valence-electron chi connectivity index (χ4n) is 2.75. The molecule has 1 aromatic heterocycles. The van der Waals surface area contributed by atoms with Crippen molar-refractivity contribution in [3.05, 3.63) is 63.4 Å². The van der Waals surface area contributed by atoms with Crippen molar-refractivity contribution in [1.82, 2.24) is 9.88 Å². The molecule has 16 heteroatoms. The van der Waals surface area contributed by atoms with Crippen LogP contribution in [0.3, 0.4) is 0 Å². The lowest BCUT2D eigenvalue weighted by molar-refractivity contribution is -0.143. The molecule has 0 saturated carbocycles. The smallest absolute Gasteiger partial charge is 0.330 e. The van der Waals surface area contributed by atoms with Gasteiger partial charge in [0.1, 0.15) is 5.15 Å². The number of nitrogens with zero attached hydrogens (tertiary/aromatic N) is 5. The molecule has 2 rings (SSSR count). The second-order valence-corrected chi connectivity index (χ2v) is 7.03. The molecule has 0 aliphatic carbocycles. The largest absolute Gasteiger partial charge is 0.417 e. The molecule has 186 valence electrons. The second-order valence-electron chi connectivity index (χ2n) is 6.67. The van der Waals surface area contributed by atoms with E-state index in [-0.39, 0.29) is 11.6 Å². The van der Waals surface area contributed by atoms with E-state index in [1.54, 1.807) is 0 Å². The van der Waals surface area contributed by atoms with Crippen molar-refractivity contribution in [2.45, 2.75) is 31.6 Å². The topological polar surface area (TPSA) is 79.2 Å². The van der Waals surface area contributed by atoms with Gasteiger partial charge in [-0.2, -0.15) is 44.6 Å². The maximum Gasteiger partial charge on any atom is 0.417 e. The Kier molecular flexibility index (Phi) is 8.01. The number of alkyl halides is 9. The number of hydrazone groups is 1. The molecule has 0 unspecified atom stereocenters. The van der Waals surface area contributed by atoms with E-state index in [4.69, 9.17) is 17.4 Å². The first-order valence-electron chi connectivity index (χ1n) is 8.89. The normalized spacial score (nSPS) is 13.6. The number of pyridine rings is 1. The van der Waals surface area contributed by atoms with Gasteiger partial charge in [-0.15, -0.1) is 10.2 Å². The molecule has 0 bridgehead atoms. The molecule has 2 aromatic rings. The third-order valence-corrected chi connectivity index (χ3v) is 4.55. The molecule has 0 spiro atoms. The molecule has 0 radical (unpaired) electrons. The van der Waals surface area contributed by atoms with Gasteiger partial charge in [0.05, 0.1) is 16.7 Å². The van der Waals surface area contributed by atoms with Crippen molar-refractivity contribution in [2.75, 3.05) is 7.05 Å². The van der Waals surface area contributed by atoms with E-state index in [0.717, 1.165) is 11.9 Å². The Morgan fingerprint density at radius 3 is 1.85 bits per heavy atom. The molecule has 0 amide bonds. The number of benzene rings is 1. The summed E-state index contributed by atoms with van der Waals surface area (Å²) >= 11 is 5.86. The van der Waals surface area contributed by atoms with Gasteiger partial charge >= 0.3 is 18.5 Å². The fourth-order valence-corrected chi connectivity index (χ4v) is 2.92. The van der Waals surface area contributed by atoms with Crippen LogP contribution in [-0.4, -0.2) is 22.9 Å². The second kappa shape index (κ2) is 10.0. The van der Waals surface area contributed by atoms with Crippen LogP contribution in [0.4, 0.5) is 39.5 Å². The van der Waals surface area contributed by atoms with E-state index in [9.17, 15) is 39.5 Å². The summed E-state index contributed by atoms with van der Waals surface area (Å²) in [5, 5.41) is 9.78. The summed E-state index contributed by atoms with van der Waals surface area (Å²) in [5.74, 6) is 4.71. The quantitative estimate of drug-likeness (QED) is 0.101. The first kappa shape index (κ1) is 27.1. The van der Waals surface area contributed by atoms with Gasteiger partial charge in [-0.25, -0.2) is 4.98 Å². The van der Waals surface area contributed by atoms with Crippen LogP contribution in [0.1, 0.15) is 27.8 Å². The van der Waals surface area contributed by atoms with Crippen LogP contribution in [0.5, 0.6) is 0 Å². The number of halogens is 10. The molecule has 0 fully saturated rings. The number of rotatable bonds is 4. The average molecular weight is 521 g/mol. The average Bonchev–Trinajstić information content (AvgIpc) is 2.70. The maximum absolute atomic E-state index is 13.2. The van der Waals surface area contributed by atoms with Gasteiger partial charge in [0.2, 0.25) is 0 Å². The summed E-state index contributed by atoms with van der Waals surface area (Å²) < 4.78 is 118. The number of azo groups is 1. The van der Waals surface area contributed by atoms with Crippen molar-refractivity contribution in [3.63, 3.8) is 0 Å². The van der Waals surface area contributed by atoms with E-state index < -0.39 is 65.0 Å². The van der Waals surface area contributed by atoms with Gasteiger partial charge in [0, 0.05) is 31.9 Å². The van der Waals surface area contributed by atoms with E-state index in [0.29, 0.717) is 24.4 Å². The molecule has 0 saturated heterocycles. The predicted molar refractivity (Wildman–Crippen MR) is 102 cm³/mol. The molecule has 0 aliphatic heterocycles. The van der Waals surface area contributed by atoms with Gasteiger partial charge in [0.15, 0.2) is 0 Å². The van der Waals surface area contributed by atoms with Crippen molar-refractivity contribution in [2.24, 2.45) is 21.2 Å². The van der Waals surface area contributed by atoms with E-state index in [1.165, 1.54) is 0 Å². The third-order valence-electron chi connectivity index (χ3n) is 4.21. The van der Waals surface area contributed by atoms with Crippen LogP contribution in [-0.2, 0) is 31.6 Å². The first-order chi connectivity index (χ1) is 15.6. The first-order valence-corrected chi connectivity index (χ1v) is 9.26. The van der Waals surface area contributed by atoms with E-state index in [2.05, 4.69) is 20.3 Å². The van der Waals surface area contributed by atoms with Gasteiger partial charge in [-0.3, -0.25) is 0 Å². The molecule has 1 heterocycles. The summed E-state index contributed by atoms with van der Waals surface area (Å²) in [7, 11) is 1.16. The van der Waals surface area contributed by atoms with Crippen molar-refractivity contribution in [3.8, 4) is 0 Å². The zero-order chi connectivity index (χ0) is 25.9. The number of guanidine groups is 1. The number of hydrogen-bond donors (Lipinski definition) is 1. The van der Waals surface area contributed by atoms with Crippen LogP contribution in [0.15, 0.2) is 45.8 Å². The van der Waals surface area contributed by atoms with Crippen LogP contribution >= 0.6 is 11.6 Å². The Labute approximate surface area is 190 Å².